The number of carbonyl (C=O) groups is 3. The predicted molar refractivity (Wildman–Crippen MR) is 94.6 cm³/mol. The lowest BCUT2D eigenvalue weighted by atomic mass is 9.58. The third kappa shape index (κ3) is 2.12. The summed E-state index contributed by atoms with van der Waals surface area (Å²) in [5, 5.41) is 32.4. The lowest BCUT2D eigenvalue weighted by molar-refractivity contribution is -0.149. The molecule has 0 bridgehead atoms. The fourth-order valence-electron chi connectivity index (χ4n) is 4.67. The Kier molecular flexibility index (Phi) is 3.66. The van der Waals surface area contributed by atoms with Gasteiger partial charge in [-0.05, 0) is 31.2 Å². The van der Waals surface area contributed by atoms with Crippen LogP contribution in [-0.2, 0) is 20.8 Å². The van der Waals surface area contributed by atoms with Crippen molar-refractivity contribution in [1.82, 2.24) is 0 Å². The van der Waals surface area contributed by atoms with Crippen molar-refractivity contribution in [3.63, 3.8) is 0 Å². The lowest BCUT2D eigenvalue weighted by Crippen LogP contribution is -2.64. The number of Topliss-reactive ketones (excluding diaryl/α,β-unsaturated/α-hetero) is 3. The summed E-state index contributed by atoms with van der Waals surface area (Å²) in [5.41, 5.74) is 4.18. The van der Waals surface area contributed by atoms with E-state index in [1.54, 1.807) is 12.1 Å². The molecular weight excluding hydrogens is 350 g/mol. The maximum Gasteiger partial charge on any atom is 0.202 e. The maximum absolute atomic E-state index is 13.2. The minimum Gasteiger partial charge on any atom is -0.508 e. The summed E-state index contributed by atoms with van der Waals surface area (Å²) in [6.45, 7) is 1.06. The highest BCUT2D eigenvalue weighted by molar-refractivity contribution is 6.24. The van der Waals surface area contributed by atoms with Crippen LogP contribution in [0.1, 0.15) is 24.5 Å². The van der Waals surface area contributed by atoms with Crippen molar-refractivity contribution in [2.75, 3.05) is 0 Å². The highest BCUT2D eigenvalue weighted by Gasteiger charge is 2.62. The standard InChI is InChI=1S/C20H19NO6/c1-8(22)13-17(24)15(21)12-7-10-6-9-4-2-3-5-11(9)16(23)14(10)19(26)20(12,27)18(13)25/h2-5,10,12,15,23,25,27H,6-7,21H2,1H3/t10-,12-,15-,20+/m0/s1. The zero-order chi connectivity index (χ0) is 19.7. The second-order valence-corrected chi connectivity index (χ2v) is 7.43. The number of ketones is 3. The number of aliphatic hydroxyl groups is 3. The molecule has 1 fully saturated rings. The van der Waals surface area contributed by atoms with Crippen LogP contribution in [-0.4, -0.2) is 44.3 Å². The highest BCUT2D eigenvalue weighted by atomic mass is 16.3. The van der Waals surface area contributed by atoms with Gasteiger partial charge in [-0.25, -0.2) is 0 Å². The predicted octanol–water partition coefficient (Wildman–Crippen LogP) is 0.759. The molecule has 7 heteroatoms. The van der Waals surface area contributed by atoms with Gasteiger partial charge in [-0.1, -0.05) is 24.3 Å². The molecule has 0 unspecified atom stereocenters. The largest absolute Gasteiger partial charge is 0.508 e. The minimum atomic E-state index is -2.50. The molecule has 3 aliphatic carbocycles. The van der Waals surface area contributed by atoms with Gasteiger partial charge in [0.05, 0.1) is 6.04 Å². The fraction of sp³-hybridized carbons (Fsp3) is 0.350. The van der Waals surface area contributed by atoms with Gasteiger partial charge in [0.15, 0.2) is 17.2 Å². The zero-order valence-corrected chi connectivity index (χ0v) is 14.6. The molecule has 0 spiro atoms. The first kappa shape index (κ1) is 17.6. The molecule has 0 radical (unpaired) electrons. The van der Waals surface area contributed by atoms with E-state index in [1.807, 2.05) is 12.1 Å². The van der Waals surface area contributed by atoms with Gasteiger partial charge in [-0.15, -0.1) is 0 Å². The fourth-order valence-corrected chi connectivity index (χ4v) is 4.67. The van der Waals surface area contributed by atoms with E-state index in [0.717, 1.165) is 12.5 Å². The second-order valence-electron chi connectivity index (χ2n) is 7.43. The number of fused-ring (bicyclic) bond motifs is 3. The molecule has 7 nitrogen and oxygen atoms in total. The number of nitrogens with two attached hydrogens (primary N) is 1. The first-order valence-electron chi connectivity index (χ1n) is 8.72. The first-order valence-corrected chi connectivity index (χ1v) is 8.72. The molecule has 140 valence electrons. The molecule has 3 aliphatic rings. The molecule has 1 aromatic carbocycles. The monoisotopic (exact) mass is 369 g/mol. The van der Waals surface area contributed by atoms with Crippen LogP contribution in [0.2, 0.25) is 0 Å². The molecule has 0 aliphatic heterocycles. The number of rotatable bonds is 1. The van der Waals surface area contributed by atoms with Crippen LogP contribution in [0.5, 0.6) is 0 Å². The molecule has 1 saturated carbocycles. The SMILES string of the molecule is CC(=O)C1=C(O)[C@@]2(O)C(=O)C3=C(O)c4ccccc4C[C@H]3C[C@H]2[C@H](N)C1=O. The minimum absolute atomic E-state index is 0.00320. The molecule has 0 saturated heterocycles. The van der Waals surface area contributed by atoms with Gasteiger partial charge in [-0.2, -0.15) is 0 Å². The molecule has 4 rings (SSSR count). The van der Waals surface area contributed by atoms with Crippen molar-refractivity contribution in [3.8, 4) is 0 Å². The van der Waals surface area contributed by atoms with Gasteiger partial charge in [0.1, 0.15) is 17.1 Å². The van der Waals surface area contributed by atoms with E-state index in [9.17, 15) is 29.7 Å². The van der Waals surface area contributed by atoms with Gasteiger partial charge in [-0.3, -0.25) is 14.4 Å². The molecule has 0 amide bonds. The molecule has 27 heavy (non-hydrogen) atoms. The van der Waals surface area contributed by atoms with Gasteiger partial charge >= 0.3 is 0 Å². The third-order valence-electron chi connectivity index (χ3n) is 6.00. The van der Waals surface area contributed by atoms with Crippen molar-refractivity contribution in [3.05, 3.63) is 52.3 Å². The summed E-state index contributed by atoms with van der Waals surface area (Å²) < 4.78 is 0. The molecule has 0 aromatic heterocycles. The zero-order valence-electron chi connectivity index (χ0n) is 14.6. The number of benzene rings is 1. The summed E-state index contributed by atoms with van der Waals surface area (Å²) in [7, 11) is 0. The van der Waals surface area contributed by atoms with Crippen LogP contribution in [0.4, 0.5) is 0 Å². The summed E-state index contributed by atoms with van der Waals surface area (Å²) >= 11 is 0. The number of hydrogen-bond acceptors (Lipinski definition) is 7. The summed E-state index contributed by atoms with van der Waals surface area (Å²) in [6.07, 6.45) is 0.566. The maximum atomic E-state index is 13.2. The van der Waals surface area contributed by atoms with E-state index in [2.05, 4.69) is 0 Å². The normalized spacial score (nSPS) is 32.8. The summed E-state index contributed by atoms with van der Waals surface area (Å²) in [6, 6.07) is 5.76. The van der Waals surface area contributed by atoms with Crippen LogP contribution in [0.15, 0.2) is 41.2 Å². The lowest BCUT2D eigenvalue weighted by Gasteiger charge is -2.48. The van der Waals surface area contributed by atoms with E-state index in [1.165, 1.54) is 0 Å². The van der Waals surface area contributed by atoms with Gasteiger partial charge in [0, 0.05) is 17.1 Å². The average molecular weight is 369 g/mol. The number of hydrogen-bond donors (Lipinski definition) is 4. The van der Waals surface area contributed by atoms with E-state index >= 15 is 0 Å². The first-order chi connectivity index (χ1) is 12.7. The van der Waals surface area contributed by atoms with Gasteiger partial charge in [0.2, 0.25) is 5.78 Å². The van der Waals surface area contributed by atoms with E-state index in [0.29, 0.717) is 12.0 Å². The van der Waals surface area contributed by atoms with Crippen molar-refractivity contribution >= 4 is 23.1 Å². The van der Waals surface area contributed by atoms with Crippen LogP contribution < -0.4 is 5.73 Å². The Morgan fingerprint density at radius 3 is 2.56 bits per heavy atom. The van der Waals surface area contributed by atoms with Crippen molar-refractivity contribution in [1.29, 1.82) is 0 Å². The Labute approximate surface area is 154 Å². The third-order valence-corrected chi connectivity index (χ3v) is 6.00. The molecule has 0 heterocycles. The van der Waals surface area contributed by atoms with Crippen molar-refractivity contribution < 1.29 is 29.7 Å². The number of carbonyl (C=O) groups excluding carboxylic acids is 3. The molecular formula is C20H19NO6. The number of aliphatic hydroxyl groups excluding tert-OH is 2. The molecule has 5 N–H and O–H groups in total. The highest BCUT2D eigenvalue weighted by Crippen LogP contribution is 2.50. The quantitative estimate of drug-likeness (QED) is 0.536. The Morgan fingerprint density at radius 1 is 1.22 bits per heavy atom. The van der Waals surface area contributed by atoms with Gasteiger partial charge < -0.3 is 21.1 Å². The van der Waals surface area contributed by atoms with Crippen LogP contribution in [0.3, 0.4) is 0 Å². The second kappa shape index (κ2) is 5.61. The Balaban J connectivity index is 1.95. The average Bonchev–Trinajstić information content (AvgIpc) is 2.62. The molecule has 4 atom stereocenters. The van der Waals surface area contributed by atoms with Gasteiger partial charge in [0.25, 0.3) is 0 Å². The van der Waals surface area contributed by atoms with Crippen molar-refractivity contribution in [2.45, 2.75) is 31.4 Å². The Bertz CT molecular complexity index is 974. The van der Waals surface area contributed by atoms with Crippen LogP contribution in [0.25, 0.3) is 5.76 Å². The summed E-state index contributed by atoms with van der Waals surface area (Å²) in [5.74, 6) is -5.20. The topological polar surface area (TPSA) is 138 Å². The van der Waals surface area contributed by atoms with Crippen molar-refractivity contribution in [2.24, 2.45) is 17.6 Å². The van der Waals surface area contributed by atoms with E-state index < -0.39 is 52.2 Å². The van der Waals surface area contributed by atoms with Crippen LogP contribution >= 0.6 is 0 Å². The Hall–Kier alpha value is -2.77. The smallest absolute Gasteiger partial charge is 0.202 e. The van der Waals surface area contributed by atoms with E-state index in [-0.39, 0.29) is 17.8 Å². The summed E-state index contributed by atoms with van der Waals surface area (Å²) in [4.78, 5) is 37.5. The Morgan fingerprint density at radius 2 is 1.89 bits per heavy atom. The molecule has 1 aromatic rings. The van der Waals surface area contributed by atoms with Crippen LogP contribution in [0, 0.1) is 11.8 Å². The van der Waals surface area contributed by atoms with E-state index in [4.69, 9.17) is 5.73 Å².